The number of sulfonamides is 1. The summed E-state index contributed by atoms with van der Waals surface area (Å²) in [5.41, 5.74) is 10.3. The van der Waals surface area contributed by atoms with Crippen molar-refractivity contribution < 1.29 is 17.9 Å². The van der Waals surface area contributed by atoms with E-state index >= 15 is 0 Å². The molecule has 5 nitrogen and oxygen atoms in total. The molecule has 2 rings (SSSR count). The molecule has 1 N–H and O–H groups in total. The second kappa shape index (κ2) is 7.42. The van der Waals surface area contributed by atoms with Crippen molar-refractivity contribution in [3.63, 3.8) is 0 Å². The lowest BCUT2D eigenvalue weighted by molar-refractivity contribution is -0.140. The summed E-state index contributed by atoms with van der Waals surface area (Å²) in [7, 11) is -2.48. The van der Waals surface area contributed by atoms with E-state index in [9.17, 15) is 13.2 Å². The minimum absolute atomic E-state index is 0.00812. The maximum absolute atomic E-state index is 12.7. The summed E-state index contributed by atoms with van der Waals surface area (Å²) in [4.78, 5) is 11.4. The molecule has 0 bridgehead atoms. The maximum Gasteiger partial charge on any atom is 0.306 e. The number of fused-ring (bicyclic) bond motifs is 1. The van der Waals surface area contributed by atoms with E-state index in [1.807, 2.05) is 19.9 Å². The number of esters is 1. The molecule has 0 aromatic carbocycles. The van der Waals surface area contributed by atoms with Gasteiger partial charge in [0.1, 0.15) is 0 Å². The standard InChI is InChI=1S/C19H23NO4S/c1-12(2)15-7-6-13(3)19-16(11-15)14(4)10-17(19)25(22,23)20-9-8-18(21)24-5/h10-12,20H,8-9H2,1-5H3. The Kier molecular flexibility index (Phi) is 5.71. The molecule has 0 aromatic heterocycles. The Hall–Kier alpha value is -2.10. The smallest absolute Gasteiger partial charge is 0.306 e. The molecule has 0 unspecified atom stereocenters. The van der Waals surface area contributed by atoms with Gasteiger partial charge in [0, 0.05) is 23.3 Å². The van der Waals surface area contributed by atoms with Crippen molar-refractivity contribution in [1.29, 1.82) is 0 Å². The van der Waals surface area contributed by atoms with E-state index < -0.39 is 16.0 Å². The zero-order valence-corrected chi connectivity index (χ0v) is 16.0. The molecule has 0 fully saturated rings. The molecule has 0 amide bonds. The third-order valence-electron chi connectivity index (χ3n) is 4.12. The van der Waals surface area contributed by atoms with Gasteiger partial charge in [0.15, 0.2) is 0 Å². The van der Waals surface area contributed by atoms with Crippen molar-refractivity contribution in [2.75, 3.05) is 13.7 Å². The van der Waals surface area contributed by atoms with E-state index in [4.69, 9.17) is 0 Å². The zero-order chi connectivity index (χ0) is 18.8. The van der Waals surface area contributed by atoms with Crippen molar-refractivity contribution >= 4 is 16.0 Å². The van der Waals surface area contributed by atoms with E-state index in [1.54, 1.807) is 6.08 Å². The van der Waals surface area contributed by atoms with Crippen LogP contribution in [-0.2, 0) is 19.6 Å². The fourth-order valence-electron chi connectivity index (χ4n) is 2.66. The van der Waals surface area contributed by atoms with Gasteiger partial charge in [-0.25, -0.2) is 13.1 Å². The van der Waals surface area contributed by atoms with Crippen LogP contribution >= 0.6 is 0 Å². The van der Waals surface area contributed by atoms with E-state index in [-0.39, 0.29) is 23.8 Å². The second-order valence-corrected chi connectivity index (χ2v) is 8.07. The molecule has 0 radical (unpaired) electrons. The van der Waals surface area contributed by atoms with Crippen LogP contribution in [-0.4, -0.2) is 28.0 Å². The van der Waals surface area contributed by atoms with Crippen LogP contribution in [0.5, 0.6) is 0 Å². The highest BCUT2D eigenvalue weighted by Crippen LogP contribution is 2.39. The molecule has 2 aliphatic rings. The number of hydrogen-bond donors (Lipinski definition) is 1. The lowest BCUT2D eigenvalue weighted by Gasteiger charge is -2.11. The topological polar surface area (TPSA) is 72.5 Å². The highest BCUT2D eigenvalue weighted by Gasteiger charge is 2.30. The first-order valence-corrected chi connectivity index (χ1v) is 9.60. The van der Waals surface area contributed by atoms with Gasteiger partial charge in [0.2, 0.25) is 10.0 Å². The Bertz CT molecular complexity index is 901. The van der Waals surface area contributed by atoms with Crippen LogP contribution < -0.4 is 4.72 Å². The molecule has 134 valence electrons. The zero-order valence-electron chi connectivity index (χ0n) is 15.2. The van der Waals surface area contributed by atoms with E-state index in [2.05, 4.69) is 34.8 Å². The van der Waals surface area contributed by atoms with E-state index in [1.165, 1.54) is 7.11 Å². The SMILES string of the molecule is COC(=O)CCNS(=O)(=O)C1=C2C(C)=C=C=C(C(C)C)C=C2C(C)=C1. The Morgan fingerprint density at radius 3 is 2.52 bits per heavy atom. The van der Waals surface area contributed by atoms with Gasteiger partial charge < -0.3 is 4.74 Å². The molecule has 0 saturated heterocycles. The molecule has 0 aliphatic heterocycles. The number of nitrogens with one attached hydrogen (secondary N) is 1. The molecule has 6 heteroatoms. The first-order valence-electron chi connectivity index (χ1n) is 8.11. The van der Waals surface area contributed by atoms with Crippen LogP contribution in [0.2, 0.25) is 0 Å². The quantitative estimate of drug-likeness (QED) is 0.583. The Morgan fingerprint density at radius 2 is 1.92 bits per heavy atom. The summed E-state index contributed by atoms with van der Waals surface area (Å²) in [6, 6.07) is 0. The summed E-state index contributed by atoms with van der Waals surface area (Å²) in [5, 5.41) is 0. The Labute approximate surface area is 149 Å². The lowest BCUT2D eigenvalue weighted by Crippen LogP contribution is -2.27. The van der Waals surface area contributed by atoms with Crippen LogP contribution in [0.1, 0.15) is 34.1 Å². The van der Waals surface area contributed by atoms with Gasteiger partial charge in [-0.2, -0.15) is 0 Å². The number of allylic oxidation sites excluding steroid dienone is 7. The highest BCUT2D eigenvalue weighted by molar-refractivity contribution is 7.93. The highest BCUT2D eigenvalue weighted by atomic mass is 32.2. The fourth-order valence-corrected chi connectivity index (χ4v) is 4.05. The molecule has 0 spiro atoms. The number of methoxy groups -OCH3 is 1. The summed E-state index contributed by atoms with van der Waals surface area (Å²) in [6.07, 6.45) is 3.62. The minimum Gasteiger partial charge on any atom is -0.469 e. The van der Waals surface area contributed by atoms with Crippen LogP contribution in [0, 0.1) is 5.92 Å². The van der Waals surface area contributed by atoms with Gasteiger partial charge in [-0.1, -0.05) is 25.3 Å². The molecule has 2 aliphatic carbocycles. The van der Waals surface area contributed by atoms with Crippen LogP contribution in [0.4, 0.5) is 0 Å². The van der Waals surface area contributed by atoms with E-state index in [0.717, 1.165) is 22.3 Å². The molecular weight excluding hydrogens is 338 g/mol. The predicted molar refractivity (Wildman–Crippen MR) is 97.0 cm³/mol. The van der Waals surface area contributed by atoms with Gasteiger partial charge in [-0.05, 0) is 43.1 Å². The molecule has 0 atom stereocenters. The van der Waals surface area contributed by atoms with E-state index in [0.29, 0.717) is 5.57 Å². The molecule has 0 aromatic rings. The summed E-state index contributed by atoms with van der Waals surface area (Å²) >= 11 is 0. The van der Waals surface area contributed by atoms with Crippen molar-refractivity contribution in [1.82, 2.24) is 4.72 Å². The van der Waals surface area contributed by atoms with Crippen molar-refractivity contribution in [2.24, 2.45) is 5.92 Å². The third-order valence-corrected chi connectivity index (χ3v) is 5.60. The number of rotatable bonds is 6. The number of ether oxygens (including phenoxy) is 1. The summed E-state index contributed by atoms with van der Waals surface area (Å²) in [6.45, 7) is 7.83. The molecule has 0 saturated carbocycles. The largest absolute Gasteiger partial charge is 0.469 e. The third kappa shape index (κ3) is 4.12. The number of hydrogen-bond acceptors (Lipinski definition) is 4. The maximum atomic E-state index is 12.7. The summed E-state index contributed by atoms with van der Waals surface area (Å²) in [5.74, 6) is -0.197. The average molecular weight is 361 g/mol. The van der Waals surface area contributed by atoms with Gasteiger partial charge in [0.05, 0.1) is 18.4 Å². The van der Waals surface area contributed by atoms with Crippen molar-refractivity contribution in [2.45, 2.75) is 34.1 Å². The first kappa shape index (κ1) is 19.2. The molecule has 25 heavy (non-hydrogen) atoms. The van der Waals surface area contributed by atoms with Gasteiger partial charge >= 0.3 is 5.97 Å². The summed E-state index contributed by atoms with van der Waals surface area (Å²) < 4.78 is 32.4. The van der Waals surface area contributed by atoms with Gasteiger partial charge in [0.25, 0.3) is 0 Å². The number of carbonyl (C=O) groups excluding carboxylic acids is 1. The van der Waals surface area contributed by atoms with Crippen LogP contribution in [0.25, 0.3) is 0 Å². The van der Waals surface area contributed by atoms with Crippen molar-refractivity contribution in [3.05, 3.63) is 56.4 Å². The predicted octanol–water partition coefficient (Wildman–Crippen LogP) is 2.91. The second-order valence-electron chi connectivity index (χ2n) is 6.33. The van der Waals surface area contributed by atoms with Gasteiger partial charge in [-0.3, -0.25) is 4.79 Å². The van der Waals surface area contributed by atoms with Crippen LogP contribution in [0.15, 0.2) is 56.4 Å². The number of carbonyl (C=O) groups is 1. The monoisotopic (exact) mass is 361 g/mol. The Morgan fingerprint density at radius 1 is 1.24 bits per heavy atom. The lowest BCUT2D eigenvalue weighted by atomic mass is 9.95. The minimum atomic E-state index is -3.75. The van der Waals surface area contributed by atoms with Crippen molar-refractivity contribution in [3.8, 4) is 0 Å². The van der Waals surface area contributed by atoms with Crippen LogP contribution in [0.3, 0.4) is 0 Å². The Balaban J connectivity index is 2.43. The average Bonchev–Trinajstić information content (AvgIpc) is 2.77. The van der Waals surface area contributed by atoms with Gasteiger partial charge in [-0.15, -0.1) is 0 Å². The normalized spacial score (nSPS) is 16.9. The first-order chi connectivity index (χ1) is 11.7. The fraction of sp³-hybridized carbons (Fsp3) is 0.421. The molecular formula is C19H23NO4S. The molecule has 0 heterocycles.